The normalized spacial score (nSPS) is 14.9. The van der Waals surface area contributed by atoms with Gasteiger partial charge in [-0.3, -0.25) is 0 Å². The van der Waals surface area contributed by atoms with E-state index in [4.69, 9.17) is 0 Å². The Balaban J connectivity index is 2.20. The zero-order valence-corrected chi connectivity index (χ0v) is 12.9. The first-order valence-corrected chi connectivity index (χ1v) is 7.94. The Morgan fingerprint density at radius 2 is 1.86 bits per heavy atom. The lowest BCUT2D eigenvalue weighted by molar-refractivity contribution is 0.199. The summed E-state index contributed by atoms with van der Waals surface area (Å²) in [6, 6.07) is 5.61. The summed E-state index contributed by atoms with van der Waals surface area (Å²) in [5, 5.41) is 17.0. The molecule has 0 saturated carbocycles. The summed E-state index contributed by atoms with van der Waals surface area (Å²) < 4.78 is 28.8. The Hall–Kier alpha value is -1.77. The molecular formula is C13H18N4O3S. The quantitative estimate of drug-likeness (QED) is 0.855. The van der Waals surface area contributed by atoms with Gasteiger partial charge in [-0.05, 0) is 31.5 Å². The minimum Gasteiger partial charge on any atom is -0.389 e. The van der Waals surface area contributed by atoms with E-state index in [1.807, 2.05) is 0 Å². The zero-order chi connectivity index (χ0) is 15.6. The zero-order valence-electron chi connectivity index (χ0n) is 12.1. The second kappa shape index (κ2) is 5.92. The molecule has 7 nitrogen and oxygen atoms in total. The number of hydrogen-bond acceptors (Lipinski definition) is 5. The molecule has 0 aliphatic rings. The molecule has 21 heavy (non-hydrogen) atoms. The van der Waals surface area contributed by atoms with Crippen LogP contribution in [0.2, 0.25) is 0 Å². The van der Waals surface area contributed by atoms with Crippen LogP contribution in [0.5, 0.6) is 0 Å². The Bertz CT molecular complexity index is 707. The van der Waals surface area contributed by atoms with E-state index >= 15 is 0 Å². The molecule has 0 fully saturated rings. The lowest BCUT2D eigenvalue weighted by Crippen LogP contribution is -2.28. The highest BCUT2D eigenvalue weighted by molar-refractivity contribution is 7.89. The van der Waals surface area contributed by atoms with Gasteiger partial charge in [0.1, 0.15) is 12.2 Å². The number of aliphatic hydroxyl groups excluding tert-OH is 1. The van der Waals surface area contributed by atoms with E-state index in [1.54, 1.807) is 37.6 Å². The number of hydrogen-bond donors (Lipinski definition) is 2. The van der Waals surface area contributed by atoms with Crippen molar-refractivity contribution in [2.45, 2.75) is 30.9 Å². The second-order valence-corrected chi connectivity index (χ2v) is 6.60. The molecule has 0 amide bonds. The molecule has 1 aromatic heterocycles. The van der Waals surface area contributed by atoms with Gasteiger partial charge >= 0.3 is 0 Å². The van der Waals surface area contributed by atoms with E-state index in [9.17, 15) is 13.5 Å². The van der Waals surface area contributed by atoms with Crippen LogP contribution in [-0.2, 0) is 17.1 Å². The number of aryl methyl sites for hydroxylation is 1. The van der Waals surface area contributed by atoms with Crippen molar-refractivity contribution in [3.63, 3.8) is 0 Å². The van der Waals surface area contributed by atoms with Crippen LogP contribution in [0.4, 0.5) is 0 Å². The number of benzene rings is 1. The van der Waals surface area contributed by atoms with Crippen LogP contribution < -0.4 is 4.72 Å². The second-order valence-electron chi connectivity index (χ2n) is 4.89. The molecular weight excluding hydrogens is 292 g/mol. The standard InChI is InChI=1S/C13H18N4O3S/c1-9(13-15-14-8-17(13)3)16-21(19,20)12-6-4-11(5-7-12)10(2)18/h4-10,16,18H,1-3H3. The summed E-state index contributed by atoms with van der Waals surface area (Å²) in [6.45, 7) is 3.32. The van der Waals surface area contributed by atoms with Gasteiger partial charge in [0.15, 0.2) is 0 Å². The van der Waals surface area contributed by atoms with Crippen molar-refractivity contribution in [3.05, 3.63) is 42.0 Å². The number of aliphatic hydroxyl groups is 1. The first-order valence-electron chi connectivity index (χ1n) is 6.45. The average molecular weight is 310 g/mol. The SMILES string of the molecule is CC(O)c1ccc(S(=O)(=O)NC(C)c2nncn2C)cc1. The molecule has 0 aliphatic heterocycles. The Morgan fingerprint density at radius 1 is 1.24 bits per heavy atom. The molecule has 0 bridgehead atoms. The summed E-state index contributed by atoms with van der Waals surface area (Å²) in [7, 11) is -1.91. The van der Waals surface area contributed by atoms with E-state index < -0.39 is 22.2 Å². The van der Waals surface area contributed by atoms with Crippen molar-refractivity contribution in [2.24, 2.45) is 7.05 Å². The van der Waals surface area contributed by atoms with Crippen LogP contribution in [0, 0.1) is 0 Å². The van der Waals surface area contributed by atoms with Crippen molar-refractivity contribution in [3.8, 4) is 0 Å². The largest absolute Gasteiger partial charge is 0.389 e. The summed E-state index contributed by atoms with van der Waals surface area (Å²) in [6.07, 6.45) is 0.879. The molecule has 2 unspecified atom stereocenters. The third kappa shape index (κ3) is 3.46. The van der Waals surface area contributed by atoms with Crippen LogP contribution in [0.1, 0.15) is 37.4 Å². The maximum atomic E-state index is 12.3. The van der Waals surface area contributed by atoms with Crippen LogP contribution in [0.3, 0.4) is 0 Å². The Labute approximate surface area is 123 Å². The molecule has 8 heteroatoms. The van der Waals surface area contributed by atoms with Gasteiger partial charge in [-0.2, -0.15) is 0 Å². The minimum absolute atomic E-state index is 0.140. The van der Waals surface area contributed by atoms with Crippen molar-refractivity contribution >= 4 is 10.0 Å². The molecule has 2 atom stereocenters. The van der Waals surface area contributed by atoms with E-state index in [2.05, 4.69) is 14.9 Å². The summed E-state index contributed by atoms with van der Waals surface area (Å²) in [4.78, 5) is 0.140. The number of sulfonamides is 1. The fourth-order valence-electron chi connectivity index (χ4n) is 1.96. The van der Waals surface area contributed by atoms with E-state index in [-0.39, 0.29) is 4.90 Å². The van der Waals surface area contributed by atoms with Crippen molar-refractivity contribution in [1.82, 2.24) is 19.5 Å². The molecule has 0 aliphatic carbocycles. The first kappa shape index (κ1) is 15.6. The van der Waals surface area contributed by atoms with Gasteiger partial charge in [0.2, 0.25) is 10.0 Å². The average Bonchev–Trinajstić information content (AvgIpc) is 2.84. The monoisotopic (exact) mass is 310 g/mol. The van der Waals surface area contributed by atoms with Gasteiger partial charge in [0.05, 0.1) is 17.0 Å². The lowest BCUT2D eigenvalue weighted by Gasteiger charge is -2.14. The molecule has 2 rings (SSSR count). The molecule has 0 spiro atoms. The number of nitrogens with zero attached hydrogens (tertiary/aromatic N) is 3. The summed E-state index contributed by atoms with van der Waals surface area (Å²) in [5.41, 5.74) is 0.662. The molecule has 0 radical (unpaired) electrons. The highest BCUT2D eigenvalue weighted by Crippen LogP contribution is 2.18. The molecule has 1 aromatic carbocycles. The van der Waals surface area contributed by atoms with Gasteiger partial charge < -0.3 is 9.67 Å². The van der Waals surface area contributed by atoms with Gasteiger partial charge in [-0.25, -0.2) is 13.1 Å². The predicted octanol–water partition coefficient (Wildman–Crippen LogP) is 0.908. The number of nitrogens with one attached hydrogen (secondary N) is 1. The van der Waals surface area contributed by atoms with Gasteiger partial charge in [-0.15, -0.1) is 10.2 Å². The van der Waals surface area contributed by atoms with E-state index in [1.165, 1.54) is 18.5 Å². The third-order valence-corrected chi connectivity index (χ3v) is 4.70. The van der Waals surface area contributed by atoms with Crippen molar-refractivity contribution < 1.29 is 13.5 Å². The fourth-order valence-corrected chi connectivity index (χ4v) is 3.16. The fraction of sp³-hybridized carbons (Fsp3) is 0.385. The summed E-state index contributed by atoms with van der Waals surface area (Å²) in [5.74, 6) is 0.527. The van der Waals surface area contributed by atoms with E-state index in [0.29, 0.717) is 11.4 Å². The first-order chi connectivity index (χ1) is 9.81. The maximum absolute atomic E-state index is 12.3. The number of rotatable bonds is 5. The van der Waals surface area contributed by atoms with Gasteiger partial charge in [-0.1, -0.05) is 12.1 Å². The highest BCUT2D eigenvalue weighted by atomic mass is 32.2. The Kier molecular flexibility index (Phi) is 4.40. The molecule has 0 saturated heterocycles. The smallest absolute Gasteiger partial charge is 0.241 e. The van der Waals surface area contributed by atoms with Gasteiger partial charge in [0, 0.05) is 7.05 Å². The predicted molar refractivity (Wildman–Crippen MR) is 76.8 cm³/mol. The van der Waals surface area contributed by atoms with E-state index in [0.717, 1.165) is 0 Å². The van der Waals surface area contributed by atoms with Crippen LogP contribution >= 0.6 is 0 Å². The maximum Gasteiger partial charge on any atom is 0.241 e. The van der Waals surface area contributed by atoms with Crippen LogP contribution in [-0.4, -0.2) is 28.3 Å². The third-order valence-electron chi connectivity index (χ3n) is 3.14. The lowest BCUT2D eigenvalue weighted by atomic mass is 10.1. The topological polar surface area (TPSA) is 97.1 Å². The molecule has 2 aromatic rings. The van der Waals surface area contributed by atoms with Crippen molar-refractivity contribution in [2.75, 3.05) is 0 Å². The van der Waals surface area contributed by atoms with Gasteiger partial charge in [0.25, 0.3) is 0 Å². The Morgan fingerprint density at radius 3 is 2.33 bits per heavy atom. The molecule has 1 heterocycles. The van der Waals surface area contributed by atoms with Crippen molar-refractivity contribution in [1.29, 1.82) is 0 Å². The van der Waals surface area contributed by atoms with Crippen LogP contribution in [0.15, 0.2) is 35.5 Å². The number of aromatic nitrogens is 3. The highest BCUT2D eigenvalue weighted by Gasteiger charge is 2.21. The molecule has 2 N–H and O–H groups in total. The minimum atomic E-state index is -3.66. The van der Waals surface area contributed by atoms with Crippen LogP contribution in [0.25, 0.3) is 0 Å². The summed E-state index contributed by atoms with van der Waals surface area (Å²) >= 11 is 0. The molecule has 114 valence electrons.